The summed E-state index contributed by atoms with van der Waals surface area (Å²) in [5, 5.41) is 11.5. The lowest BCUT2D eigenvalue weighted by molar-refractivity contribution is -0.139. The highest BCUT2D eigenvalue weighted by Gasteiger charge is 2.39. The van der Waals surface area contributed by atoms with Crippen LogP contribution in [0.1, 0.15) is 23.2 Å². The van der Waals surface area contributed by atoms with Crippen molar-refractivity contribution in [2.45, 2.75) is 23.8 Å². The Bertz CT molecular complexity index is 650. The number of carboxylic acid groups (broad SMARTS) is 1. The first kappa shape index (κ1) is 15.5. The molecule has 2 rings (SSSR count). The number of aliphatic carboxylic acids is 1. The number of benzene rings is 1. The van der Waals surface area contributed by atoms with Crippen molar-refractivity contribution >= 4 is 21.9 Å². The molecule has 1 atom stereocenters. The molecule has 21 heavy (non-hydrogen) atoms. The molecule has 1 unspecified atom stereocenters. The van der Waals surface area contributed by atoms with E-state index < -0.39 is 22.0 Å². The molecule has 1 saturated carbocycles. The van der Waals surface area contributed by atoms with E-state index in [2.05, 4.69) is 10.0 Å². The van der Waals surface area contributed by atoms with E-state index in [1.165, 1.54) is 31.3 Å². The van der Waals surface area contributed by atoms with Crippen LogP contribution in [0.15, 0.2) is 29.2 Å². The van der Waals surface area contributed by atoms with Crippen molar-refractivity contribution in [2.75, 3.05) is 7.05 Å². The van der Waals surface area contributed by atoms with Crippen LogP contribution in [0.2, 0.25) is 0 Å². The third kappa shape index (κ3) is 3.59. The second-order valence-corrected chi connectivity index (χ2v) is 6.59. The molecule has 3 N–H and O–H groups in total. The monoisotopic (exact) mass is 312 g/mol. The zero-order chi connectivity index (χ0) is 15.6. The van der Waals surface area contributed by atoms with Gasteiger partial charge >= 0.3 is 5.97 Å². The van der Waals surface area contributed by atoms with Gasteiger partial charge in [-0.05, 0) is 43.0 Å². The number of hydrogen-bond donors (Lipinski definition) is 3. The molecule has 7 nitrogen and oxygen atoms in total. The number of rotatable bonds is 6. The van der Waals surface area contributed by atoms with Crippen LogP contribution in [0, 0.1) is 5.92 Å². The van der Waals surface area contributed by atoms with E-state index in [0.717, 1.165) is 0 Å². The Hall–Kier alpha value is -1.93. The molecule has 0 aliphatic heterocycles. The van der Waals surface area contributed by atoms with Gasteiger partial charge in [-0.2, -0.15) is 4.72 Å². The summed E-state index contributed by atoms with van der Waals surface area (Å²) in [4.78, 5) is 22.4. The summed E-state index contributed by atoms with van der Waals surface area (Å²) in [6, 6.07) is 4.20. The lowest BCUT2D eigenvalue weighted by Gasteiger charge is -2.14. The maximum Gasteiger partial charge on any atom is 0.322 e. The van der Waals surface area contributed by atoms with Gasteiger partial charge in [0.2, 0.25) is 10.0 Å². The van der Waals surface area contributed by atoms with Crippen LogP contribution in [0.4, 0.5) is 0 Å². The number of hydrogen-bond acceptors (Lipinski definition) is 4. The highest BCUT2D eigenvalue weighted by atomic mass is 32.2. The Morgan fingerprint density at radius 1 is 1.24 bits per heavy atom. The minimum Gasteiger partial charge on any atom is -0.480 e. The zero-order valence-electron chi connectivity index (χ0n) is 11.4. The molecule has 0 aromatic heterocycles. The number of carbonyl (C=O) groups excluding carboxylic acids is 1. The minimum absolute atomic E-state index is 0.0675. The lowest BCUT2D eigenvalue weighted by atomic mass is 10.2. The average molecular weight is 312 g/mol. The largest absolute Gasteiger partial charge is 0.480 e. The first-order valence-corrected chi connectivity index (χ1v) is 7.91. The van der Waals surface area contributed by atoms with E-state index in [1.807, 2.05) is 0 Å². The van der Waals surface area contributed by atoms with Crippen molar-refractivity contribution < 1.29 is 23.1 Å². The highest BCUT2D eigenvalue weighted by molar-refractivity contribution is 7.89. The molecule has 1 amide bonds. The van der Waals surface area contributed by atoms with Gasteiger partial charge in [0.15, 0.2) is 0 Å². The summed E-state index contributed by atoms with van der Waals surface area (Å²) < 4.78 is 26.5. The van der Waals surface area contributed by atoms with E-state index in [-0.39, 0.29) is 16.7 Å². The maximum atomic E-state index is 12.2. The molecular weight excluding hydrogens is 296 g/mol. The SMILES string of the molecule is CNC(=O)c1ccc(S(=O)(=O)NC(C(=O)O)C2CC2)cc1. The first-order chi connectivity index (χ1) is 9.85. The third-order valence-corrected chi connectivity index (χ3v) is 4.75. The van der Waals surface area contributed by atoms with Crippen LogP contribution >= 0.6 is 0 Å². The molecule has 1 aromatic carbocycles. The molecule has 0 bridgehead atoms. The molecule has 114 valence electrons. The highest BCUT2D eigenvalue weighted by Crippen LogP contribution is 2.33. The fraction of sp³-hybridized carbons (Fsp3) is 0.385. The Morgan fingerprint density at radius 2 is 1.81 bits per heavy atom. The summed E-state index contributed by atoms with van der Waals surface area (Å²) in [6.07, 6.45) is 1.41. The van der Waals surface area contributed by atoms with Gasteiger partial charge in [-0.15, -0.1) is 0 Å². The molecule has 0 spiro atoms. The fourth-order valence-electron chi connectivity index (χ4n) is 1.94. The van der Waals surface area contributed by atoms with E-state index in [9.17, 15) is 18.0 Å². The molecule has 1 aromatic rings. The summed E-state index contributed by atoms with van der Waals surface area (Å²) >= 11 is 0. The fourth-order valence-corrected chi connectivity index (χ4v) is 3.20. The summed E-state index contributed by atoms with van der Waals surface area (Å²) in [5.41, 5.74) is 0.327. The number of amides is 1. The first-order valence-electron chi connectivity index (χ1n) is 6.42. The zero-order valence-corrected chi connectivity index (χ0v) is 12.2. The molecule has 1 aliphatic rings. The molecule has 1 aliphatic carbocycles. The van der Waals surface area contributed by atoms with Gasteiger partial charge < -0.3 is 10.4 Å². The van der Waals surface area contributed by atoms with Gasteiger partial charge in [-0.3, -0.25) is 9.59 Å². The van der Waals surface area contributed by atoms with Crippen LogP contribution in [0.25, 0.3) is 0 Å². The Kier molecular flexibility index (Phi) is 4.29. The predicted molar refractivity (Wildman–Crippen MR) is 74.3 cm³/mol. The average Bonchev–Trinajstić information content (AvgIpc) is 3.28. The van der Waals surface area contributed by atoms with Crippen LogP contribution in [-0.4, -0.2) is 38.5 Å². The number of carboxylic acids is 1. The molecule has 0 heterocycles. The Morgan fingerprint density at radius 3 is 2.24 bits per heavy atom. The van der Waals surface area contributed by atoms with Crippen molar-refractivity contribution in [3.8, 4) is 0 Å². The van der Waals surface area contributed by atoms with Gasteiger partial charge in [-0.25, -0.2) is 8.42 Å². The smallest absolute Gasteiger partial charge is 0.322 e. The molecule has 1 fully saturated rings. The van der Waals surface area contributed by atoms with Crippen molar-refractivity contribution in [1.82, 2.24) is 10.0 Å². The van der Waals surface area contributed by atoms with Crippen LogP contribution in [-0.2, 0) is 14.8 Å². The maximum absolute atomic E-state index is 12.2. The third-order valence-electron chi connectivity index (χ3n) is 3.30. The normalized spacial score (nSPS) is 16.2. The van der Waals surface area contributed by atoms with Crippen LogP contribution in [0.3, 0.4) is 0 Å². The van der Waals surface area contributed by atoms with Gasteiger partial charge in [0.05, 0.1) is 4.90 Å². The lowest BCUT2D eigenvalue weighted by Crippen LogP contribution is -2.42. The number of nitrogens with one attached hydrogen (secondary N) is 2. The predicted octanol–water partition coefficient (Wildman–Crippen LogP) is 0.188. The molecule has 0 saturated heterocycles. The van der Waals surface area contributed by atoms with E-state index in [0.29, 0.717) is 18.4 Å². The van der Waals surface area contributed by atoms with Crippen LogP contribution < -0.4 is 10.0 Å². The second kappa shape index (κ2) is 5.82. The van der Waals surface area contributed by atoms with E-state index in [4.69, 9.17) is 5.11 Å². The summed E-state index contributed by atoms with van der Waals surface area (Å²) in [7, 11) is -2.45. The molecular formula is C13H16N2O5S. The Balaban J connectivity index is 2.19. The Labute approximate surface area is 122 Å². The molecule has 8 heteroatoms. The topological polar surface area (TPSA) is 113 Å². The number of sulfonamides is 1. The van der Waals surface area contributed by atoms with E-state index >= 15 is 0 Å². The van der Waals surface area contributed by atoms with Gasteiger partial charge in [0.1, 0.15) is 6.04 Å². The van der Waals surface area contributed by atoms with Crippen molar-refractivity contribution in [2.24, 2.45) is 5.92 Å². The minimum atomic E-state index is -3.92. The van der Waals surface area contributed by atoms with Gasteiger partial charge in [0.25, 0.3) is 5.91 Å². The van der Waals surface area contributed by atoms with Crippen molar-refractivity contribution in [3.05, 3.63) is 29.8 Å². The van der Waals surface area contributed by atoms with Gasteiger partial charge in [-0.1, -0.05) is 0 Å². The van der Waals surface area contributed by atoms with Crippen LogP contribution in [0.5, 0.6) is 0 Å². The van der Waals surface area contributed by atoms with Crippen molar-refractivity contribution in [1.29, 1.82) is 0 Å². The molecule has 0 radical (unpaired) electrons. The standard InChI is InChI=1S/C13H16N2O5S/c1-14-12(16)9-4-6-10(7-5-9)21(19,20)15-11(13(17)18)8-2-3-8/h4-8,11,15H,2-3H2,1H3,(H,14,16)(H,17,18). The quantitative estimate of drug-likeness (QED) is 0.694. The summed E-state index contributed by atoms with van der Waals surface area (Å²) in [6.45, 7) is 0. The van der Waals surface area contributed by atoms with Gasteiger partial charge in [0, 0.05) is 12.6 Å². The number of carbonyl (C=O) groups is 2. The summed E-state index contributed by atoms with van der Waals surface area (Å²) in [5.74, 6) is -1.65. The van der Waals surface area contributed by atoms with Crippen molar-refractivity contribution in [3.63, 3.8) is 0 Å². The second-order valence-electron chi connectivity index (χ2n) is 4.88. The van der Waals surface area contributed by atoms with E-state index in [1.54, 1.807) is 0 Å².